The second kappa shape index (κ2) is 5.52. The number of benzene rings is 1. The first kappa shape index (κ1) is 13.7. The number of rotatable bonds is 4. The summed E-state index contributed by atoms with van der Waals surface area (Å²) in [6.45, 7) is 0. The Morgan fingerprint density at radius 2 is 2.20 bits per heavy atom. The molecule has 1 unspecified atom stereocenters. The summed E-state index contributed by atoms with van der Waals surface area (Å²) in [5, 5.41) is 21.6. The van der Waals surface area contributed by atoms with Crippen LogP contribution in [0.5, 0.6) is 5.75 Å². The predicted octanol–water partition coefficient (Wildman–Crippen LogP) is 1.23. The molecule has 1 atom stereocenters. The molecule has 0 bridgehead atoms. The number of aromatic amines is 1. The van der Waals surface area contributed by atoms with Crippen molar-refractivity contribution in [1.82, 2.24) is 10.3 Å². The third-order valence-electron chi connectivity index (χ3n) is 2.95. The van der Waals surface area contributed by atoms with Gasteiger partial charge in [0.15, 0.2) is 0 Å². The van der Waals surface area contributed by atoms with E-state index in [1.54, 1.807) is 12.3 Å². The fourth-order valence-corrected chi connectivity index (χ4v) is 1.96. The van der Waals surface area contributed by atoms with Gasteiger partial charge >= 0.3 is 12.1 Å². The van der Waals surface area contributed by atoms with Crippen LogP contribution in [0.25, 0.3) is 10.9 Å². The lowest BCUT2D eigenvalue weighted by atomic mass is 10.0. The van der Waals surface area contributed by atoms with Crippen molar-refractivity contribution in [2.75, 3.05) is 7.11 Å². The van der Waals surface area contributed by atoms with Crippen LogP contribution in [0.4, 0.5) is 4.79 Å². The number of alkyl carbamates (subject to hydrolysis) is 1. The number of hydrogen-bond donors (Lipinski definition) is 4. The molecule has 0 saturated heterocycles. The molecule has 2 rings (SSSR count). The Morgan fingerprint density at radius 3 is 2.85 bits per heavy atom. The minimum atomic E-state index is -1.16. The number of amides is 1. The quantitative estimate of drug-likeness (QED) is 0.672. The van der Waals surface area contributed by atoms with Crippen LogP contribution in [0.1, 0.15) is 5.56 Å². The van der Waals surface area contributed by atoms with Crippen LogP contribution in [0.15, 0.2) is 24.4 Å². The fourth-order valence-electron chi connectivity index (χ4n) is 1.96. The molecule has 7 heteroatoms. The number of H-pyrrole nitrogens is 1. The summed E-state index contributed by atoms with van der Waals surface area (Å²) in [4.78, 5) is 25.3. The molecular weight excluding hydrogens is 264 g/mol. The van der Waals surface area contributed by atoms with E-state index in [0.29, 0.717) is 10.9 Å². The lowest BCUT2D eigenvalue weighted by molar-refractivity contribution is -0.139. The lowest BCUT2D eigenvalue weighted by Crippen LogP contribution is -2.42. The molecule has 1 aromatic carbocycles. The first-order valence-electron chi connectivity index (χ1n) is 5.87. The molecule has 0 fully saturated rings. The zero-order valence-electron chi connectivity index (χ0n) is 10.7. The molecule has 0 aliphatic carbocycles. The molecule has 4 N–H and O–H groups in total. The molecule has 7 nitrogen and oxygen atoms in total. The van der Waals surface area contributed by atoms with Crippen LogP contribution in [0, 0.1) is 0 Å². The van der Waals surface area contributed by atoms with Gasteiger partial charge in [0.25, 0.3) is 0 Å². The van der Waals surface area contributed by atoms with Crippen molar-refractivity contribution in [3.63, 3.8) is 0 Å². The maximum Gasteiger partial charge on any atom is 0.407 e. The Labute approximate surface area is 114 Å². The van der Waals surface area contributed by atoms with Crippen molar-refractivity contribution in [2.24, 2.45) is 0 Å². The largest absolute Gasteiger partial charge is 0.508 e. The predicted molar refractivity (Wildman–Crippen MR) is 70.6 cm³/mol. The van der Waals surface area contributed by atoms with E-state index in [2.05, 4.69) is 15.0 Å². The van der Waals surface area contributed by atoms with E-state index in [-0.39, 0.29) is 12.2 Å². The maximum atomic E-state index is 11.2. The van der Waals surface area contributed by atoms with Gasteiger partial charge in [-0.25, -0.2) is 9.59 Å². The second-order valence-corrected chi connectivity index (χ2v) is 4.27. The van der Waals surface area contributed by atoms with E-state index in [1.807, 2.05) is 0 Å². The van der Waals surface area contributed by atoms with Gasteiger partial charge in [0.05, 0.1) is 7.11 Å². The van der Waals surface area contributed by atoms with Crippen molar-refractivity contribution in [1.29, 1.82) is 0 Å². The van der Waals surface area contributed by atoms with Gasteiger partial charge in [0, 0.05) is 23.5 Å². The Kier molecular flexibility index (Phi) is 3.79. The van der Waals surface area contributed by atoms with E-state index >= 15 is 0 Å². The minimum absolute atomic E-state index is 0.0773. The number of aromatic hydroxyl groups is 1. The highest BCUT2D eigenvalue weighted by molar-refractivity contribution is 5.86. The molecule has 2 aromatic rings. The third-order valence-corrected chi connectivity index (χ3v) is 2.95. The molecule has 0 saturated carbocycles. The smallest absolute Gasteiger partial charge is 0.407 e. The van der Waals surface area contributed by atoms with Crippen LogP contribution < -0.4 is 5.32 Å². The first-order valence-corrected chi connectivity index (χ1v) is 5.87. The van der Waals surface area contributed by atoms with Crippen LogP contribution in [0.2, 0.25) is 0 Å². The van der Waals surface area contributed by atoms with E-state index < -0.39 is 18.1 Å². The summed E-state index contributed by atoms with van der Waals surface area (Å²) >= 11 is 0. The number of ether oxygens (including phenoxy) is 1. The van der Waals surface area contributed by atoms with Crippen LogP contribution in [-0.2, 0) is 16.0 Å². The number of nitrogens with one attached hydrogen (secondary N) is 2. The van der Waals surface area contributed by atoms with Gasteiger partial charge in [-0.1, -0.05) is 0 Å². The number of carbonyl (C=O) groups is 2. The summed E-state index contributed by atoms with van der Waals surface area (Å²) < 4.78 is 4.40. The van der Waals surface area contributed by atoms with Crippen LogP contribution in [-0.4, -0.2) is 40.4 Å². The van der Waals surface area contributed by atoms with Crippen molar-refractivity contribution < 1.29 is 24.5 Å². The topological polar surface area (TPSA) is 112 Å². The van der Waals surface area contributed by atoms with E-state index in [9.17, 15) is 14.7 Å². The van der Waals surface area contributed by atoms with Crippen molar-refractivity contribution in [2.45, 2.75) is 12.5 Å². The molecule has 106 valence electrons. The maximum absolute atomic E-state index is 11.2. The molecule has 1 aromatic heterocycles. The first-order chi connectivity index (χ1) is 9.51. The molecule has 0 spiro atoms. The molecule has 1 heterocycles. The highest BCUT2D eigenvalue weighted by atomic mass is 16.5. The van der Waals surface area contributed by atoms with E-state index in [1.165, 1.54) is 12.1 Å². The second-order valence-electron chi connectivity index (χ2n) is 4.27. The summed E-state index contributed by atoms with van der Waals surface area (Å²) in [5.41, 5.74) is 1.46. The fraction of sp³-hybridized carbons (Fsp3) is 0.231. The normalized spacial score (nSPS) is 12.1. The summed E-state index contributed by atoms with van der Waals surface area (Å²) in [5.74, 6) is -1.07. The molecule has 0 aliphatic rings. The molecule has 1 amide bonds. The number of carbonyl (C=O) groups excluding carboxylic acids is 1. The standard InChI is InChI=1S/C13H14N2O5/c1-20-13(19)15-11(12(17)18)4-7-6-14-10-3-2-8(16)5-9(7)10/h2-3,5-6,11,14,16H,4H2,1H3,(H,15,19)(H,17,18). The monoisotopic (exact) mass is 278 g/mol. The van der Waals surface area contributed by atoms with Crippen molar-refractivity contribution >= 4 is 23.0 Å². The van der Waals surface area contributed by atoms with Gasteiger partial charge in [0.1, 0.15) is 11.8 Å². The Morgan fingerprint density at radius 1 is 1.45 bits per heavy atom. The number of hydrogen-bond acceptors (Lipinski definition) is 4. The zero-order valence-corrected chi connectivity index (χ0v) is 10.7. The summed E-state index contributed by atoms with van der Waals surface area (Å²) in [7, 11) is 1.16. The minimum Gasteiger partial charge on any atom is -0.508 e. The molecule has 0 radical (unpaired) electrons. The van der Waals surface area contributed by atoms with Gasteiger partial charge in [-0.15, -0.1) is 0 Å². The molecular formula is C13H14N2O5. The number of phenols is 1. The van der Waals surface area contributed by atoms with Gasteiger partial charge in [-0.3, -0.25) is 0 Å². The SMILES string of the molecule is COC(=O)NC(Cc1c[nH]c2ccc(O)cc12)C(=O)O. The number of fused-ring (bicyclic) bond motifs is 1. The van der Waals surface area contributed by atoms with Gasteiger partial charge in [-0.2, -0.15) is 0 Å². The van der Waals surface area contributed by atoms with Gasteiger partial charge < -0.3 is 25.3 Å². The number of methoxy groups -OCH3 is 1. The van der Waals surface area contributed by atoms with Gasteiger partial charge in [-0.05, 0) is 23.8 Å². The van der Waals surface area contributed by atoms with E-state index in [4.69, 9.17) is 5.11 Å². The third kappa shape index (κ3) is 2.82. The number of phenolic OH excluding ortho intramolecular Hbond substituents is 1. The van der Waals surface area contributed by atoms with Gasteiger partial charge in [0.2, 0.25) is 0 Å². The Bertz CT molecular complexity index is 649. The van der Waals surface area contributed by atoms with Crippen LogP contribution >= 0.6 is 0 Å². The molecule has 20 heavy (non-hydrogen) atoms. The average molecular weight is 278 g/mol. The number of carboxylic acids is 1. The highest BCUT2D eigenvalue weighted by Crippen LogP contribution is 2.23. The number of aromatic nitrogens is 1. The highest BCUT2D eigenvalue weighted by Gasteiger charge is 2.22. The van der Waals surface area contributed by atoms with Crippen molar-refractivity contribution in [3.8, 4) is 5.75 Å². The Balaban J connectivity index is 2.26. The summed E-state index contributed by atoms with van der Waals surface area (Å²) in [6.07, 6.45) is 0.924. The molecule has 0 aliphatic heterocycles. The van der Waals surface area contributed by atoms with Crippen LogP contribution in [0.3, 0.4) is 0 Å². The summed E-state index contributed by atoms with van der Waals surface area (Å²) in [6, 6.07) is 3.66. The average Bonchev–Trinajstić information content (AvgIpc) is 2.80. The number of carboxylic acid groups (broad SMARTS) is 1. The lowest BCUT2D eigenvalue weighted by Gasteiger charge is -2.13. The van der Waals surface area contributed by atoms with Crippen molar-refractivity contribution in [3.05, 3.63) is 30.0 Å². The zero-order chi connectivity index (χ0) is 14.7. The van der Waals surface area contributed by atoms with E-state index in [0.717, 1.165) is 12.6 Å². The Hall–Kier alpha value is -2.70. The number of aliphatic carboxylic acids is 1.